The number of amides is 2. The quantitative estimate of drug-likeness (QED) is 0.757. The number of nitrogens with one attached hydrogen (secondary N) is 2. The van der Waals surface area contributed by atoms with E-state index in [-0.39, 0.29) is 6.03 Å². The second-order valence-corrected chi connectivity index (χ2v) is 5.05. The first-order valence-electron chi connectivity index (χ1n) is 6.50. The Morgan fingerprint density at radius 2 is 2.12 bits per heavy atom. The van der Waals surface area contributed by atoms with E-state index in [1.807, 2.05) is 7.05 Å². The van der Waals surface area contributed by atoms with Crippen molar-refractivity contribution >= 4 is 6.03 Å². The zero-order valence-electron chi connectivity index (χ0n) is 10.2. The molecule has 92 valence electrons. The van der Waals surface area contributed by atoms with Crippen LogP contribution in [0.15, 0.2) is 0 Å². The van der Waals surface area contributed by atoms with Crippen LogP contribution < -0.4 is 10.6 Å². The van der Waals surface area contributed by atoms with Crippen molar-refractivity contribution in [1.29, 1.82) is 0 Å². The van der Waals surface area contributed by atoms with Crippen LogP contribution in [0.2, 0.25) is 0 Å². The molecule has 0 bridgehead atoms. The van der Waals surface area contributed by atoms with Crippen molar-refractivity contribution in [2.24, 2.45) is 5.92 Å². The van der Waals surface area contributed by atoms with Gasteiger partial charge in [-0.15, -0.1) is 0 Å². The predicted octanol–water partition coefficient (Wildman–Crippen LogP) is 1.18. The van der Waals surface area contributed by atoms with E-state index in [9.17, 15) is 4.79 Å². The van der Waals surface area contributed by atoms with E-state index >= 15 is 0 Å². The summed E-state index contributed by atoms with van der Waals surface area (Å²) in [5.74, 6) is 0.560. The van der Waals surface area contributed by atoms with Gasteiger partial charge in [-0.2, -0.15) is 0 Å². The molecule has 0 spiro atoms. The summed E-state index contributed by atoms with van der Waals surface area (Å²) in [6.07, 6.45) is 6.29. The van der Waals surface area contributed by atoms with Gasteiger partial charge in [0.25, 0.3) is 0 Å². The molecule has 2 N–H and O–H groups in total. The summed E-state index contributed by atoms with van der Waals surface area (Å²) >= 11 is 0. The Morgan fingerprint density at radius 3 is 2.81 bits per heavy atom. The van der Waals surface area contributed by atoms with Crippen LogP contribution >= 0.6 is 0 Å². The molecule has 1 aliphatic carbocycles. The number of nitrogens with zero attached hydrogens (tertiary/aromatic N) is 1. The molecule has 1 aliphatic heterocycles. The van der Waals surface area contributed by atoms with Crippen LogP contribution in [0, 0.1) is 5.92 Å². The van der Waals surface area contributed by atoms with Gasteiger partial charge in [-0.25, -0.2) is 4.79 Å². The third-order valence-electron chi connectivity index (χ3n) is 3.77. The molecule has 2 aliphatic rings. The standard InChI is InChI=1S/C12H23N3O/c1-13-7-10-8-14-12(16)15(9-10)11-5-3-2-4-6-11/h10-11,13H,2-9H2,1H3,(H,14,16). The average Bonchev–Trinajstić information content (AvgIpc) is 2.33. The first-order chi connectivity index (χ1) is 7.81. The lowest BCUT2D eigenvalue weighted by molar-refractivity contribution is 0.123. The number of urea groups is 1. The summed E-state index contributed by atoms with van der Waals surface area (Å²) in [6.45, 7) is 2.74. The average molecular weight is 225 g/mol. The highest BCUT2D eigenvalue weighted by Crippen LogP contribution is 2.24. The fourth-order valence-electron chi connectivity index (χ4n) is 2.89. The maximum absolute atomic E-state index is 11.8. The SMILES string of the molecule is CNCC1CNC(=O)N(C2CCCCC2)C1. The van der Waals surface area contributed by atoms with Crippen molar-refractivity contribution in [3.05, 3.63) is 0 Å². The summed E-state index contributed by atoms with van der Waals surface area (Å²) in [4.78, 5) is 13.9. The molecule has 2 amide bonds. The van der Waals surface area contributed by atoms with Crippen molar-refractivity contribution in [1.82, 2.24) is 15.5 Å². The molecule has 1 heterocycles. The van der Waals surface area contributed by atoms with Gasteiger partial charge in [-0.3, -0.25) is 0 Å². The van der Waals surface area contributed by atoms with Crippen LogP contribution in [0.4, 0.5) is 4.79 Å². The van der Waals surface area contributed by atoms with E-state index in [2.05, 4.69) is 15.5 Å². The van der Waals surface area contributed by atoms with Crippen LogP contribution in [0.1, 0.15) is 32.1 Å². The third-order valence-corrected chi connectivity index (χ3v) is 3.77. The molecular formula is C12H23N3O. The van der Waals surface area contributed by atoms with Gasteiger partial charge in [0.2, 0.25) is 0 Å². The Morgan fingerprint density at radius 1 is 1.38 bits per heavy atom. The summed E-state index contributed by atoms with van der Waals surface area (Å²) in [5.41, 5.74) is 0. The van der Waals surface area contributed by atoms with Gasteiger partial charge in [0.1, 0.15) is 0 Å². The normalized spacial score (nSPS) is 27.9. The van der Waals surface area contributed by atoms with Crippen molar-refractivity contribution in [3.8, 4) is 0 Å². The van der Waals surface area contributed by atoms with Gasteiger partial charge in [0.05, 0.1) is 0 Å². The van der Waals surface area contributed by atoms with E-state index in [1.165, 1.54) is 32.1 Å². The van der Waals surface area contributed by atoms with Gasteiger partial charge < -0.3 is 15.5 Å². The van der Waals surface area contributed by atoms with Gasteiger partial charge >= 0.3 is 6.03 Å². The Balaban J connectivity index is 1.91. The van der Waals surface area contributed by atoms with Crippen LogP contribution in [0.5, 0.6) is 0 Å². The molecule has 0 aromatic rings. The van der Waals surface area contributed by atoms with E-state index in [0.717, 1.165) is 19.6 Å². The van der Waals surface area contributed by atoms with Gasteiger partial charge in [-0.1, -0.05) is 19.3 Å². The molecule has 1 unspecified atom stereocenters. The summed E-state index contributed by atoms with van der Waals surface area (Å²) in [6, 6.07) is 0.646. The van der Waals surface area contributed by atoms with Crippen molar-refractivity contribution < 1.29 is 4.79 Å². The molecule has 4 nitrogen and oxygen atoms in total. The third kappa shape index (κ3) is 2.67. The molecule has 2 fully saturated rings. The lowest BCUT2D eigenvalue weighted by Crippen LogP contribution is -2.56. The lowest BCUT2D eigenvalue weighted by Gasteiger charge is -2.40. The monoisotopic (exact) mass is 225 g/mol. The number of rotatable bonds is 3. The number of carbonyl (C=O) groups is 1. The minimum Gasteiger partial charge on any atom is -0.338 e. The van der Waals surface area contributed by atoms with E-state index < -0.39 is 0 Å². The minimum atomic E-state index is 0.152. The molecule has 16 heavy (non-hydrogen) atoms. The van der Waals surface area contributed by atoms with Crippen LogP contribution in [-0.4, -0.2) is 43.7 Å². The molecule has 4 heteroatoms. The Labute approximate surface area is 97.8 Å². The largest absolute Gasteiger partial charge is 0.338 e. The highest BCUT2D eigenvalue weighted by molar-refractivity contribution is 5.75. The van der Waals surface area contributed by atoms with Gasteiger partial charge in [-0.05, 0) is 19.9 Å². The highest BCUT2D eigenvalue weighted by atomic mass is 16.2. The van der Waals surface area contributed by atoms with Crippen LogP contribution in [-0.2, 0) is 0 Å². The molecule has 1 saturated heterocycles. The molecule has 0 aromatic heterocycles. The van der Waals surface area contributed by atoms with Crippen molar-refractivity contribution in [2.75, 3.05) is 26.7 Å². The molecular weight excluding hydrogens is 202 g/mol. The zero-order chi connectivity index (χ0) is 11.4. The first kappa shape index (κ1) is 11.7. The number of carbonyl (C=O) groups excluding carboxylic acids is 1. The van der Waals surface area contributed by atoms with Crippen molar-refractivity contribution in [2.45, 2.75) is 38.1 Å². The second kappa shape index (κ2) is 5.53. The van der Waals surface area contributed by atoms with Crippen LogP contribution in [0.25, 0.3) is 0 Å². The topological polar surface area (TPSA) is 44.4 Å². The maximum atomic E-state index is 11.8. The zero-order valence-corrected chi connectivity index (χ0v) is 10.2. The maximum Gasteiger partial charge on any atom is 0.317 e. The van der Waals surface area contributed by atoms with E-state index in [0.29, 0.717) is 12.0 Å². The van der Waals surface area contributed by atoms with Gasteiger partial charge in [0.15, 0.2) is 0 Å². The van der Waals surface area contributed by atoms with E-state index in [1.54, 1.807) is 0 Å². The smallest absolute Gasteiger partial charge is 0.317 e. The molecule has 1 atom stereocenters. The van der Waals surface area contributed by atoms with Gasteiger partial charge in [0, 0.05) is 31.6 Å². The molecule has 2 rings (SSSR count). The van der Waals surface area contributed by atoms with Crippen LogP contribution in [0.3, 0.4) is 0 Å². The summed E-state index contributed by atoms with van der Waals surface area (Å²) in [7, 11) is 1.97. The molecule has 0 radical (unpaired) electrons. The first-order valence-corrected chi connectivity index (χ1v) is 6.50. The lowest BCUT2D eigenvalue weighted by atomic mass is 9.93. The Bertz CT molecular complexity index is 238. The summed E-state index contributed by atoms with van der Waals surface area (Å²) < 4.78 is 0. The second-order valence-electron chi connectivity index (χ2n) is 5.05. The highest BCUT2D eigenvalue weighted by Gasteiger charge is 2.30. The van der Waals surface area contributed by atoms with E-state index in [4.69, 9.17) is 0 Å². The van der Waals surface area contributed by atoms with Crippen molar-refractivity contribution in [3.63, 3.8) is 0 Å². The fourth-order valence-corrected chi connectivity index (χ4v) is 2.89. The number of hydrogen-bond acceptors (Lipinski definition) is 2. The Kier molecular flexibility index (Phi) is 4.04. The number of hydrogen-bond donors (Lipinski definition) is 2. The summed E-state index contributed by atoms with van der Waals surface area (Å²) in [5, 5.41) is 6.21. The molecule has 1 saturated carbocycles. The minimum absolute atomic E-state index is 0.152. The molecule has 0 aromatic carbocycles. The fraction of sp³-hybridized carbons (Fsp3) is 0.917. The predicted molar refractivity (Wildman–Crippen MR) is 64.4 cm³/mol. The Hall–Kier alpha value is -0.770.